The molecule has 2 aromatic carbocycles. The first-order valence-electron chi connectivity index (χ1n) is 10.1. The SMILES string of the molecule is CCCCCN(Cc1nc(C(=O)OC)co1)C(=O)c1ccc(-c2ccccc2)cc1. The van der Waals surface area contributed by atoms with Crippen molar-refractivity contribution in [2.75, 3.05) is 13.7 Å². The lowest BCUT2D eigenvalue weighted by Crippen LogP contribution is -2.31. The molecule has 6 heteroatoms. The van der Waals surface area contributed by atoms with Crippen LogP contribution in [0.1, 0.15) is 52.9 Å². The Hall–Kier alpha value is -3.41. The number of hydrogen-bond donors (Lipinski definition) is 0. The van der Waals surface area contributed by atoms with E-state index in [1.807, 2.05) is 54.6 Å². The molecule has 0 saturated heterocycles. The van der Waals surface area contributed by atoms with E-state index >= 15 is 0 Å². The van der Waals surface area contributed by atoms with Gasteiger partial charge in [0.2, 0.25) is 5.89 Å². The minimum absolute atomic E-state index is 0.0940. The molecular weight excluding hydrogens is 380 g/mol. The van der Waals surface area contributed by atoms with E-state index < -0.39 is 5.97 Å². The van der Waals surface area contributed by atoms with Crippen LogP contribution in [0.3, 0.4) is 0 Å². The molecule has 156 valence electrons. The first kappa shape index (κ1) is 21.3. The number of benzene rings is 2. The molecule has 0 fully saturated rings. The normalized spacial score (nSPS) is 10.6. The Morgan fingerprint density at radius 3 is 2.37 bits per heavy atom. The second-order valence-corrected chi connectivity index (χ2v) is 7.00. The standard InChI is InChI=1S/C24H26N2O4/c1-3-4-8-15-26(16-22-25-21(17-30-22)24(28)29-2)23(27)20-13-11-19(12-14-20)18-9-6-5-7-10-18/h5-7,9-14,17H,3-4,8,15-16H2,1-2H3. The third-order valence-corrected chi connectivity index (χ3v) is 4.83. The first-order valence-corrected chi connectivity index (χ1v) is 10.1. The Morgan fingerprint density at radius 1 is 1.00 bits per heavy atom. The van der Waals surface area contributed by atoms with Crippen LogP contribution in [0.2, 0.25) is 0 Å². The lowest BCUT2D eigenvalue weighted by Gasteiger charge is -2.21. The first-order chi connectivity index (χ1) is 14.6. The van der Waals surface area contributed by atoms with Crippen LogP contribution in [-0.4, -0.2) is 35.4 Å². The maximum absolute atomic E-state index is 13.2. The van der Waals surface area contributed by atoms with Gasteiger partial charge < -0.3 is 14.1 Å². The number of esters is 1. The van der Waals surface area contributed by atoms with Crippen molar-refractivity contribution in [3.8, 4) is 11.1 Å². The summed E-state index contributed by atoms with van der Waals surface area (Å²) in [5.41, 5.74) is 2.86. The van der Waals surface area contributed by atoms with Gasteiger partial charge in [-0.3, -0.25) is 4.79 Å². The molecule has 6 nitrogen and oxygen atoms in total. The molecule has 1 aromatic heterocycles. The summed E-state index contributed by atoms with van der Waals surface area (Å²) >= 11 is 0. The summed E-state index contributed by atoms with van der Waals surface area (Å²) in [6.45, 7) is 2.90. The number of oxazole rings is 1. The molecule has 0 N–H and O–H groups in total. The Kier molecular flexibility index (Phi) is 7.38. The largest absolute Gasteiger partial charge is 0.464 e. The number of ether oxygens (including phenoxy) is 1. The van der Waals surface area contributed by atoms with Crippen LogP contribution < -0.4 is 0 Å². The molecular formula is C24H26N2O4. The van der Waals surface area contributed by atoms with Crippen LogP contribution in [0.5, 0.6) is 0 Å². The lowest BCUT2D eigenvalue weighted by atomic mass is 10.0. The molecule has 30 heavy (non-hydrogen) atoms. The average Bonchev–Trinajstić information content (AvgIpc) is 3.27. The maximum atomic E-state index is 13.2. The van der Waals surface area contributed by atoms with E-state index in [0.717, 1.165) is 30.4 Å². The maximum Gasteiger partial charge on any atom is 0.360 e. The van der Waals surface area contributed by atoms with E-state index in [4.69, 9.17) is 4.42 Å². The molecule has 1 amide bonds. The van der Waals surface area contributed by atoms with E-state index in [9.17, 15) is 9.59 Å². The highest BCUT2D eigenvalue weighted by Crippen LogP contribution is 2.20. The molecule has 0 unspecified atom stereocenters. The van der Waals surface area contributed by atoms with Crippen molar-refractivity contribution in [3.63, 3.8) is 0 Å². The van der Waals surface area contributed by atoms with Gasteiger partial charge >= 0.3 is 5.97 Å². The molecule has 0 atom stereocenters. The topological polar surface area (TPSA) is 72.6 Å². The fraction of sp³-hybridized carbons (Fsp3) is 0.292. The van der Waals surface area contributed by atoms with Gasteiger partial charge in [-0.1, -0.05) is 62.2 Å². The quantitative estimate of drug-likeness (QED) is 0.371. The molecule has 0 aliphatic carbocycles. The summed E-state index contributed by atoms with van der Waals surface area (Å²) in [6, 6.07) is 17.6. The van der Waals surface area contributed by atoms with Gasteiger partial charge in [-0.05, 0) is 29.7 Å². The van der Waals surface area contributed by atoms with Crippen molar-refractivity contribution >= 4 is 11.9 Å². The molecule has 0 aliphatic rings. The van der Waals surface area contributed by atoms with Gasteiger partial charge in [0.1, 0.15) is 6.26 Å². The van der Waals surface area contributed by atoms with Gasteiger partial charge in [0.25, 0.3) is 5.91 Å². The predicted octanol–water partition coefficient (Wildman–Crippen LogP) is 4.96. The molecule has 0 bridgehead atoms. The van der Waals surface area contributed by atoms with Crippen molar-refractivity contribution in [2.24, 2.45) is 0 Å². The number of rotatable bonds is 9. The van der Waals surface area contributed by atoms with Crippen LogP contribution >= 0.6 is 0 Å². The molecule has 0 radical (unpaired) electrons. The summed E-state index contributed by atoms with van der Waals surface area (Å²) < 4.78 is 10.0. The number of unbranched alkanes of at least 4 members (excludes halogenated alkanes) is 2. The highest BCUT2D eigenvalue weighted by Gasteiger charge is 2.20. The molecule has 0 saturated carbocycles. The summed E-state index contributed by atoms with van der Waals surface area (Å²) in [5.74, 6) is -0.352. The van der Waals surface area contributed by atoms with E-state index in [2.05, 4.69) is 16.6 Å². The molecule has 0 spiro atoms. The van der Waals surface area contributed by atoms with Gasteiger partial charge in [0.15, 0.2) is 5.69 Å². The third-order valence-electron chi connectivity index (χ3n) is 4.83. The minimum atomic E-state index is -0.564. The van der Waals surface area contributed by atoms with Crippen LogP contribution in [0.4, 0.5) is 0 Å². The highest BCUT2D eigenvalue weighted by molar-refractivity contribution is 5.94. The van der Waals surface area contributed by atoms with E-state index in [-0.39, 0.29) is 18.1 Å². The number of nitrogens with zero attached hydrogens (tertiary/aromatic N) is 2. The van der Waals surface area contributed by atoms with E-state index in [1.54, 1.807) is 4.90 Å². The van der Waals surface area contributed by atoms with Crippen molar-refractivity contribution < 1.29 is 18.7 Å². The number of carbonyl (C=O) groups excluding carboxylic acids is 2. The molecule has 0 aliphatic heterocycles. The van der Waals surface area contributed by atoms with Crippen LogP contribution in [0.25, 0.3) is 11.1 Å². The zero-order valence-corrected chi connectivity index (χ0v) is 17.3. The molecule has 3 rings (SSSR count). The number of aromatic nitrogens is 1. The van der Waals surface area contributed by atoms with Crippen molar-refractivity contribution in [3.05, 3.63) is 78.0 Å². The molecule has 3 aromatic rings. The smallest absolute Gasteiger partial charge is 0.360 e. The fourth-order valence-corrected chi connectivity index (χ4v) is 3.17. The lowest BCUT2D eigenvalue weighted by molar-refractivity contribution is 0.0594. The van der Waals surface area contributed by atoms with Gasteiger partial charge in [0, 0.05) is 12.1 Å². The number of carbonyl (C=O) groups is 2. The van der Waals surface area contributed by atoms with Crippen molar-refractivity contribution in [1.82, 2.24) is 9.88 Å². The second kappa shape index (κ2) is 10.4. The van der Waals surface area contributed by atoms with E-state index in [0.29, 0.717) is 18.0 Å². The Balaban J connectivity index is 1.76. The van der Waals surface area contributed by atoms with Gasteiger partial charge in [-0.15, -0.1) is 0 Å². The Bertz CT molecular complexity index is 964. The number of methoxy groups -OCH3 is 1. The number of hydrogen-bond acceptors (Lipinski definition) is 5. The van der Waals surface area contributed by atoms with Crippen molar-refractivity contribution in [1.29, 1.82) is 0 Å². The summed E-state index contributed by atoms with van der Waals surface area (Å²) in [4.78, 5) is 30.6. The minimum Gasteiger partial charge on any atom is -0.464 e. The Labute approximate surface area is 176 Å². The van der Waals surface area contributed by atoms with Crippen LogP contribution in [0, 0.1) is 0 Å². The third kappa shape index (κ3) is 5.35. The van der Waals surface area contributed by atoms with Gasteiger partial charge in [-0.2, -0.15) is 0 Å². The van der Waals surface area contributed by atoms with Gasteiger partial charge in [0.05, 0.1) is 13.7 Å². The molecule has 1 heterocycles. The highest BCUT2D eigenvalue weighted by atomic mass is 16.5. The zero-order chi connectivity index (χ0) is 21.3. The van der Waals surface area contributed by atoms with Crippen LogP contribution in [0.15, 0.2) is 65.3 Å². The second-order valence-electron chi connectivity index (χ2n) is 7.00. The van der Waals surface area contributed by atoms with E-state index in [1.165, 1.54) is 13.4 Å². The summed E-state index contributed by atoms with van der Waals surface area (Å²) in [5, 5.41) is 0. The van der Waals surface area contributed by atoms with Gasteiger partial charge in [-0.25, -0.2) is 9.78 Å². The van der Waals surface area contributed by atoms with Crippen molar-refractivity contribution in [2.45, 2.75) is 32.7 Å². The summed E-state index contributed by atoms with van der Waals surface area (Å²) in [6.07, 6.45) is 4.22. The van der Waals surface area contributed by atoms with Crippen LogP contribution in [-0.2, 0) is 11.3 Å². The monoisotopic (exact) mass is 406 g/mol. The average molecular weight is 406 g/mol. The summed E-state index contributed by atoms with van der Waals surface area (Å²) in [7, 11) is 1.29. The fourth-order valence-electron chi connectivity index (χ4n) is 3.17. The number of amides is 1. The predicted molar refractivity (Wildman–Crippen MR) is 114 cm³/mol. The zero-order valence-electron chi connectivity index (χ0n) is 17.3. The Morgan fingerprint density at radius 2 is 1.70 bits per heavy atom.